The first-order chi connectivity index (χ1) is 9.43. The lowest BCUT2D eigenvalue weighted by Crippen LogP contribution is -1.95. The van der Waals surface area contributed by atoms with Gasteiger partial charge in [-0.3, -0.25) is 0 Å². The van der Waals surface area contributed by atoms with Crippen molar-refractivity contribution in [3.63, 3.8) is 0 Å². The maximum atomic E-state index is 11.5. The summed E-state index contributed by atoms with van der Waals surface area (Å²) in [6, 6.07) is 11.7. The Kier molecular flexibility index (Phi) is 2.76. The van der Waals surface area contributed by atoms with Crippen molar-refractivity contribution in [1.82, 2.24) is 4.98 Å². The number of hydrogen-bond donors (Lipinski definition) is 1. The third kappa shape index (κ3) is 2.25. The number of benzene rings is 2. The number of rotatable bonds is 2. The fourth-order valence-corrected chi connectivity index (χ4v) is 2.53. The normalized spacial score (nSPS) is 11.8. The maximum absolute atomic E-state index is 11.5. The van der Waals surface area contributed by atoms with Crippen LogP contribution in [0, 0.1) is 0 Å². The molecular weight excluding hydrogens is 276 g/mol. The molecule has 5 nitrogen and oxygen atoms in total. The molecule has 20 heavy (non-hydrogen) atoms. The zero-order valence-electron chi connectivity index (χ0n) is 10.7. The number of fused-ring (bicyclic) bond motifs is 1. The number of nitrogens with two attached hydrogens (primary N) is 1. The van der Waals surface area contributed by atoms with E-state index in [1.807, 2.05) is 0 Å². The van der Waals surface area contributed by atoms with Crippen molar-refractivity contribution in [2.24, 2.45) is 0 Å². The standard InChI is InChI=1S/C14H12N2O3S/c1-20(17,18)11-6-7-13-12(8-11)16-14(19-13)9-2-4-10(15)5-3-9/h2-8H,15H2,1H3. The van der Waals surface area contributed by atoms with E-state index in [1.54, 1.807) is 30.3 Å². The summed E-state index contributed by atoms with van der Waals surface area (Å²) < 4.78 is 28.7. The number of aromatic nitrogens is 1. The molecule has 6 heteroatoms. The highest BCUT2D eigenvalue weighted by molar-refractivity contribution is 7.90. The second kappa shape index (κ2) is 4.35. The average Bonchev–Trinajstić information content (AvgIpc) is 2.81. The van der Waals surface area contributed by atoms with Crippen LogP contribution in [0.15, 0.2) is 51.8 Å². The number of hydrogen-bond acceptors (Lipinski definition) is 5. The highest BCUT2D eigenvalue weighted by atomic mass is 32.2. The van der Waals surface area contributed by atoms with E-state index in [0.29, 0.717) is 22.7 Å². The van der Waals surface area contributed by atoms with Gasteiger partial charge in [0.05, 0.1) is 4.90 Å². The van der Waals surface area contributed by atoms with Crippen molar-refractivity contribution in [2.45, 2.75) is 4.90 Å². The molecule has 0 bridgehead atoms. The highest BCUT2D eigenvalue weighted by Gasteiger charge is 2.12. The fourth-order valence-electron chi connectivity index (χ4n) is 1.89. The van der Waals surface area contributed by atoms with E-state index < -0.39 is 9.84 Å². The molecule has 0 spiro atoms. The van der Waals surface area contributed by atoms with Gasteiger partial charge in [-0.25, -0.2) is 13.4 Å². The molecule has 0 fully saturated rings. The van der Waals surface area contributed by atoms with E-state index in [1.165, 1.54) is 12.1 Å². The summed E-state index contributed by atoms with van der Waals surface area (Å²) in [5, 5.41) is 0. The van der Waals surface area contributed by atoms with Crippen LogP contribution in [0.1, 0.15) is 0 Å². The Morgan fingerprint density at radius 2 is 1.80 bits per heavy atom. The van der Waals surface area contributed by atoms with Gasteiger partial charge in [0, 0.05) is 17.5 Å². The van der Waals surface area contributed by atoms with Gasteiger partial charge < -0.3 is 10.2 Å². The molecular formula is C14H12N2O3S. The first-order valence-corrected chi connectivity index (χ1v) is 7.79. The predicted molar refractivity (Wildman–Crippen MR) is 77.0 cm³/mol. The van der Waals surface area contributed by atoms with Gasteiger partial charge in [0.1, 0.15) is 5.52 Å². The van der Waals surface area contributed by atoms with E-state index in [4.69, 9.17) is 10.2 Å². The summed E-state index contributed by atoms with van der Waals surface area (Å²) in [4.78, 5) is 4.54. The quantitative estimate of drug-likeness (QED) is 0.732. The molecule has 0 aliphatic carbocycles. The summed E-state index contributed by atoms with van der Waals surface area (Å²) in [5.41, 5.74) is 8.13. The van der Waals surface area contributed by atoms with Crippen molar-refractivity contribution in [3.05, 3.63) is 42.5 Å². The Morgan fingerprint density at radius 3 is 2.45 bits per heavy atom. The number of oxazole rings is 1. The van der Waals surface area contributed by atoms with Crippen molar-refractivity contribution in [1.29, 1.82) is 0 Å². The van der Waals surface area contributed by atoms with E-state index in [2.05, 4.69) is 4.98 Å². The third-order valence-corrected chi connectivity index (χ3v) is 4.06. The monoisotopic (exact) mass is 288 g/mol. The van der Waals surface area contributed by atoms with E-state index in [9.17, 15) is 8.42 Å². The van der Waals surface area contributed by atoms with Gasteiger partial charge in [-0.05, 0) is 42.5 Å². The lowest BCUT2D eigenvalue weighted by molar-refractivity contribution is 0.602. The first-order valence-electron chi connectivity index (χ1n) is 5.90. The number of nitrogens with zero attached hydrogens (tertiary/aromatic N) is 1. The second-order valence-corrected chi connectivity index (χ2v) is 6.56. The van der Waals surface area contributed by atoms with Gasteiger partial charge in [0.2, 0.25) is 5.89 Å². The smallest absolute Gasteiger partial charge is 0.227 e. The van der Waals surface area contributed by atoms with Crippen LogP contribution in [-0.4, -0.2) is 19.7 Å². The average molecular weight is 288 g/mol. The molecule has 0 unspecified atom stereocenters. The van der Waals surface area contributed by atoms with E-state index >= 15 is 0 Å². The van der Waals surface area contributed by atoms with Gasteiger partial charge in [0.25, 0.3) is 0 Å². The zero-order valence-corrected chi connectivity index (χ0v) is 11.5. The van der Waals surface area contributed by atoms with Crippen molar-refractivity contribution >= 4 is 26.6 Å². The van der Waals surface area contributed by atoms with Crippen LogP contribution in [0.3, 0.4) is 0 Å². The number of nitrogen functional groups attached to an aromatic ring is 1. The van der Waals surface area contributed by atoms with Crippen molar-refractivity contribution < 1.29 is 12.8 Å². The maximum Gasteiger partial charge on any atom is 0.227 e. The van der Waals surface area contributed by atoms with Crippen LogP contribution in [0.4, 0.5) is 5.69 Å². The largest absolute Gasteiger partial charge is 0.436 e. The SMILES string of the molecule is CS(=O)(=O)c1ccc2oc(-c3ccc(N)cc3)nc2c1. The molecule has 3 rings (SSSR count). The number of sulfone groups is 1. The summed E-state index contributed by atoms with van der Waals surface area (Å²) in [5.74, 6) is 0.436. The minimum Gasteiger partial charge on any atom is -0.436 e. The summed E-state index contributed by atoms with van der Waals surface area (Å²) >= 11 is 0. The van der Waals surface area contributed by atoms with Crippen molar-refractivity contribution in [3.8, 4) is 11.5 Å². The summed E-state index contributed by atoms with van der Waals surface area (Å²) in [7, 11) is -3.25. The summed E-state index contributed by atoms with van der Waals surface area (Å²) in [6.45, 7) is 0. The highest BCUT2D eigenvalue weighted by Crippen LogP contribution is 2.26. The number of anilines is 1. The first kappa shape index (κ1) is 12.7. The van der Waals surface area contributed by atoms with Gasteiger partial charge in [-0.2, -0.15) is 0 Å². The molecule has 2 aromatic carbocycles. The van der Waals surface area contributed by atoms with Gasteiger partial charge in [-0.1, -0.05) is 0 Å². The summed E-state index contributed by atoms with van der Waals surface area (Å²) in [6.07, 6.45) is 1.16. The molecule has 0 atom stereocenters. The molecule has 1 heterocycles. The Balaban J connectivity index is 2.13. The van der Waals surface area contributed by atoms with Crippen LogP contribution in [-0.2, 0) is 9.84 Å². The van der Waals surface area contributed by atoms with Crippen LogP contribution >= 0.6 is 0 Å². The molecule has 0 saturated heterocycles. The zero-order chi connectivity index (χ0) is 14.3. The minimum absolute atomic E-state index is 0.224. The Hall–Kier alpha value is -2.34. The van der Waals surface area contributed by atoms with Crippen LogP contribution in [0.2, 0.25) is 0 Å². The molecule has 0 radical (unpaired) electrons. The molecule has 0 aliphatic heterocycles. The molecule has 2 N–H and O–H groups in total. The molecule has 0 aliphatic rings. The van der Waals surface area contributed by atoms with Crippen LogP contribution in [0.5, 0.6) is 0 Å². The Bertz CT molecular complexity index is 880. The van der Waals surface area contributed by atoms with Crippen LogP contribution in [0.25, 0.3) is 22.6 Å². The lowest BCUT2D eigenvalue weighted by Gasteiger charge is -1.95. The lowest BCUT2D eigenvalue weighted by atomic mass is 10.2. The van der Waals surface area contributed by atoms with E-state index in [-0.39, 0.29) is 4.90 Å². The molecule has 102 valence electrons. The van der Waals surface area contributed by atoms with E-state index in [0.717, 1.165) is 11.8 Å². The second-order valence-electron chi connectivity index (χ2n) is 4.54. The minimum atomic E-state index is -3.25. The predicted octanol–water partition coefficient (Wildman–Crippen LogP) is 2.48. The van der Waals surface area contributed by atoms with Crippen LogP contribution < -0.4 is 5.73 Å². The van der Waals surface area contributed by atoms with Gasteiger partial charge in [0.15, 0.2) is 15.4 Å². The van der Waals surface area contributed by atoms with Gasteiger partial charge >= 0.3 is 0 Å². The molecule has 0 saturated carbocycles. The van der Waals surface area contributed by atoms with Gasteiger partial charge in [-0.15, -0.1) is 0 Å². The van der Waals surface area contributed by atoms with Crippen molar-refractivity contribution in [2.75, 3.05) is 12.0 Å². The Morgan fingerprint density at radius 1 is 1.10 bits per heavy atom. The molecule has 1 aromatic heterocycles. The molecule has 3 aromatic rings. The third-order valence-electron chi connectivity index (χ3n) is 2.94. The Labute approximate surface area is 116 Å². The fraction of sp³-hybridized carbons (Fsp3) is 0.0714. The topological polar surface area (TPSA) is 86.2 Å². The molecule has 0 amide bonds.